The number of benzene rings is 1. The molecule has 2 aliphatic rings. The summed E-state index contributed by atoms with van der Waals surface area (Å²) >= 11 is 0. The van der Waals surface area contributed by atoms with Crippen molar-refractivity contribution in [2.75, 3.05) is 49.6 Å². The molecule has 9 heteroatoms. The first-order valence-corrected chi connectivity index (χ1v) is 12.2. The topological polar surface area (TPSA) is 92.1 Å². The molecule has 2 aliphatic heterocycles. The second-order valence-corrected chi connectivity index (χ2v) is 9.88. The lowest BCUT2D eigenvalue weighted by Crippen LogP contribution is -2.40. The van der Waals surface area contributed by atoms with E-state index in [2.05, 4.69) is 10.2 Å². The predicted octanol–water partition coefficient (Wildman–Crippen LogP) is 3.24. The molecule has 0 bridgehead atoms. The third-order valence-electron chi connectivity index (χ3n) is 5.87. The summed E-state index contributed by atoms with van der Waals surface area (Å²) in [6, 6.07) is 6.66. The maximum Gasteiger partial charge on any atom is 0.259 e. The zero-order valence-corrected chi connectivity index (χ0v) is 18.6. The molecule has 1 aromatic carbocycles. The summed E-state index contributed by atoms with van der Waals surface area (Å²) in [6.07, 6.45) is 5.97. The molecule has 31 heavy (non-hydrogen) atoms. The quantitative estimate of drug-likeness (QED) is 0.757. The van der Waals surface area contributed by atoms with E-state index in [9.17, 15) is 13.2 Å². The Labute approximate surface area is 183 Å². The van der Waals surface area contributed by atoms with E-state index in [0.717, 1.165) is 31.6 Å². The van der Waals surface area contributed by atoms with E-state index in [1.807, 2.05) is 6.07 Å². The van der Waals surface area contributed by atoms with Crippen molar-refractivity contribution in [1.82, 2.24) is 4.31 Å². The van der Waals surface area contributed by atoms with Crippen LogP contribution in [0.25, 0.3) is 0 Å². The number of nitrogens with one attached hydrogen (secondary N) is 1. The van der Waals surface area contributed by atoms with Gasteiger partial charge in [0, 0.05) is 26.2 Å². The van der Waals surface area contributed by atoms with Crippen LogP contribution >= 0.6 is 0 Å². The van der Waals surface area contributed by atoms with Gasteiger partial charge in [0.2, 0.25) is 10.0 Å². The van der Waals surface area contributed by atoms with Crippen molar-refractivity contribution in [2.24, 2.45) is 0 Å². The van der Waals surface area contributed by atoms with Crippen LogP contribution in [0, 0.1) is 6.92 Å². The molecule has 4 rings (SSSR count). The number of carbonyl (C=O) groups excluding carboxylic acids is 1. The molecule has 2 fully saturated rings. The largest absolute Gasteiger partial charge is 0.469 e. The first kappa shape index (κ1) is 21.9. The van der Waals surface area contributed by atoms with Crippen molar-refractivity contribution < 1.29 is 22.4 Å². The number of aryl methyl sites for hydroxylation is 1. The number of morpholine rings is 1. The Balaban J connectivity index is 1.69. The highest BCUT2D eigenvalue weighted by Crippen LogP contribution is 2.32. The van der Waals surface area contributed by atoms with Gasteiger partial charge in [-0.25, -0.2) is 8.42 Å². The second-order valence-electron chi connectivity index (χ2n) is 7.94. The number of hydrogen-bond donors (Lipinski definition) is 1. The van der Waals surface area contributed by atoms with Crippen LogP contribution in [0.1, 0.15) is 41.8 Å². The smallest absolute Gasteiger partial charge is 0.259 e. The van der Waals surface area contributed by atoms with Gasteiger partial charge in [0.25, 0.3) is 5.91 Å². The normalized spacial score (nSPS) is 18.5. The fraction of sp³-hybridized carbons (Fsp3) is 0.500. The van der Waals surface area contributed by atoms with Gasteiger partial charge in [0.1, 0.15) is 5.76 Å². The zero-order valence-electron chi connectivity index (χ0n) is 17.8. The second kappa shape index (κ2) is 9.42. The molecular weight excluding hydrogens is 418 g/mol. The number of nitrogens with zero attached hydrogens (tertiary/aromatic N) is 2. The lowest BCUT2D eigenvalue weighted by Gasteiger charge is -2.28. The van der Waals surface area contributed by atoms with Crippen LogP contribution in [0.2, 0.25) is 0 Å². The van der Waals surface area contributed by atoms with E-state index in [-0.39, 0.29) is 10.8 Å². The monoisotopic (exact) mass is 447 g/mol. The average molecular weight is 448 g/mol. The summed E-state index contributed by atoms with van der Waals surface area (Å²) in [7, 11) is -3.67. The Hall–Kier alpha value is -2.36. The third kappa shape index (κ3) is 4.78. The van der Waals surface area contributed by atoms with Crippen molar-refractivity contribution in [3.8, 4) is 0 Å². The number of sulfonamides is 1. The highest BCUT2D eigenvalue weighted by atomic mass is 32.2. The lowest BCUT2D eigenvalue weighted by atomic mass is 10.2. The Kier molecular flexibility index (Phi) is 6.64. The lowest BCUT2D eigenvalue weighted by molar-refractivity contribution is 0.0730. The molecule has 2 saturated heterocycles. The molecule has 0 spiro atoms. The summed E-state index contributed by atoms with van der Waals surface area (Å²) in [4.78, 5) is 15.3. The SMILES string of the molecule is Cc1occc1C(=O)Nc1cc(S(=O)(=O)N2CCOCC2)ccc1N1CCCCCC1. The van der Waals surface area contributed by atoms with Gasteiger partial charge < -0.3 is 19.4 Å². The number of anilines is 2. The van der Waals surface area contributed by atoms with Gasteiger partial charge in [-0.2, -0.15) is 4.31 Å². The van der Waals surface area contributed by atoms with Crippen molar-refractivity contribution in [1.29, 1.82) is 0 Å². The van der Waals surface area contributed by atoms with Gasteiger partial charge in [-0.3, -0.25) is 4.79 Å². The Bertz CT molecular complexity index is 1020. The Morgan fingerprint density at radius 1 is 1.00 bits per heavy atom. The third-order valence-corrected chi connectivity index (χ3v) is 7.77. The highest BCUT2D eigenvalue weighted by Gasteiger charge is 2.28. The standard InChI is InChI=1S/C22H29N3O5S/c1-17-19(8-13-30-17)22(26)23-20-16-18(31(27,28)25-11-14-29-15-12-25)6-7-21(20)24-9-4-2-3-5-10-24/h6-8,13,16H,2-5,9-12,14-15H2,1H3,(H,23,26). The number of ether oxygens (including phenoxy) is 1. The van der Waals surface area contributed by atoms with Crippen LogP contribution in [0.4, 0.5) is 11.4 Å². The summed E-state index contributed by atoms with van der Waals surface area (Å²) in [5, 5.41) is 2.94. The minimum Gasteiger partial charge on any atom is -0.469 e. The molecule has 1 N–H and O–H groups in total. The summed E-state index contributed by atoms with van der Waals surface area (Å²) < 4.78 is 38.3. The minimum atomic E-state index is -3.67. The molecule has 0 atom stereocenters. The minimum absolute atomic E-state index is 0.173. The van der Waals surface area contributed by atoms with Gasteiger partial charge in [-0.05, 0) is 44.0 Å². The fourth-order valence-electron chi connectivity index (χ4n) is 4.11. The van der Waals surface area contributed by atoms with Gasteiger partial charge in [-0.1, -0.05) is 12.8 Å². The summed E-state index contributed by atoms with van der Waals surface area (Å²) in [5.41, 5.74) is 1.78. The van der Waals surface area contributed by atoms with Crippen LogP contribution in [-0.4, -0.2) is 58.0 Å². The fourth-order valence-corrected chi connectivity index (χ4v) is 5.54. The number of hydrogen-bond acceptors (Lipinski definition) is 6. The van der Waals surface area contributed by atoms with Gasteiger partial charge in [0.15, 0.2) is 0 Å². The van der Waals surface area contributed by atoms with Gasteiger partial charge in [0.05, 0.1) is 41.3 Å². The van der Waals surface area contributed by atoms with Crippen LogP contribution in [0.15, 0.2) is 39.8 Å². The van der Waals surface area contributed by atoms with Crippen molar-refractivity contribution in [3.05, 3.63) is 41.9 Å². The van der Waals surface area contributed by atoms with Crippen LogP contribution in [0.3, 0.4) is 0 Å². The maximum absolute atomic E-state index is 13.2. The molecule has 0 radical (unpaired) electrons. The van der Waals surface area contributed by atoms with E-state index in [1.165, 1.54) is 23.4 Å². The van der Waals surface area contributed by atoms with E-state index in [0.29, 0.717) is 43.3 Å². The molecule has 168 valence electrons. The first-order valence-electron chi connectivity index (χ1n) is 10.8. The van der Waals surface area contributed by atoms with E-state index in [4.69, 9.17) is 9.15 Å². The molecule has 2 aromatic rings. The summed E-state index contributed by atoms with van der Waals surface area (Å²) in [5.74, 6) is 0.203. The van der Waals surface area contributed by atoms with Crippen LogP contribution in [-0.2, 0) is 14.8 Å². The molecule has 0 aliphatic carbocycles. The Morgan fingerprint density at radius 2 is 1.71 bits per heavy atom. The molecule has 3 heterocycles. The number of carbonyl (C=O) groups is 1. The van der Waals surface area contributed by atoms with Crippen LogP contribution in [0.5, 0.6) is 0 Å². The van der Waals surface area contributed by atoms with Crippen molar-refractivity contribution in [2.45, 2.75) is 37.5 Å². The van der Waals surface area contributed by atoms with E-state index >= 15 is 0 Å². The average Bonchev–Trinajstić information content (AvgIpc) is 3.03. The number of amides is 1. The highest BCUT2D eigenvalue weighted by molar-refractivity contribution is 7.89. The van der Waals surface area contributed by atoms with Crippen molar-refractivity contribution >= 4 is 27.3 Å². The Morgan fingerprint density at radius 3 is 2.35 bits per heavy atom. The number of furan rings is 1. The first-order chi connectivity index (χ1) is 15.0. The molecule has 0 saturated carbocycles. The molecule has 8 nitrogen and oxygen atoms in total. The summed E-state index contributed by atoms with van der Waals surface area (Å²) in [6.45, 7) is 4.90. The van der Waals surface area contributed by atoms with E-state index in [1.54, 1.807) is 25.1 Å². The molecule has 1 amide bonds. The zero-order chi connectivity index (χ0) is 21.8. The van der Waals surface area contributed by atoms with Crippen molar-refractivity contribution in [3.63, 3.8) is 0 Å². The van der Waals surface area contributed by atoms with Gasteiger partial charge >= 0.3 is 0 Å². The van der Waals surface area contributed by atoms with Gasteiger partial charge in [-0.15, -0.1) is 0 Å². The molecular formula is C22H29N3O5S. The predicted molar refractivity (Wildman–Crippen MR) is 118 cm³/mol. The van der Waals surface area contributed by atoms with Crippen LogP contribution < -0.4 is 10.2 Å². The van der Waals surface area contributed by atoms with E-state index < -0.39 is 10.0 Å². The molecule has 0 unspecified atom stereocenters. The maximum atomic E-state index is 13.2. The number of rotatable bonds is 5. The molecule has 1 aromatic heterocycles.